The van der Waals surface area contributed by atoms with Gasteiger partial charge in [0.05, 0.1) is 112 Å². The number of aryl methyl sites for hydroxylation is 2. The molecule has 0 saturated carbocycles. The number of piperidine rings is 2. The van der Waals surface area contributed by atoms with Gasteiger partial charge in [0.15, 0.2) is 34.6 Å². The van der Waals surface area contributed by atoms with E-state index in [0.29, 0.717) is 121 Å². The number of nitrogens with one attached hydrogen (secondary N) is 3. The van der Waals surface area contributed by atoms with Crippen molar-refractivity contribution in [3.63, 3.8) is 0 Å². The number of carbonyl (C=O) groups excluding carboxylic acids is 2. The van der Waals surface area contributed by atoms with Crippen LogP contribution in [-0.4, -0.2) is 131 Å². The zero-order chi connectivity index (χ0) is 62.8. The highest BCUT2D eigenvalue weighted by molar-refractivity contribution is 5.75. The number of anilines is 2. The van der Waals surface area contributed by atoms with Crippen LogP contribution in [0.3, 0.4) is 0 Å². The van der Waals surface area contributed by atoms with Crippen LogP contribution in [0.2, 0.25) is 0 Å². The molecule has 0 aliphatic carbocycles. The van der Waals surface area contributed by atoms with Gasteiger partial charge in [-0.05, 0) is 118 Å². The van der Waals surface area contributed by atoms with Gasteiger partial charge in [-0.3, -0.25) is 9.97 Å². The number of amides is 2. The summed E-state index contributed by atoms with van der Waals surface area (Å²) >= 11 is 0. The Morgan fingerprint density at radius 2 is 1.15 bits per heavy atom. The van der Waals surface area contributed by atoms with E-state index in [4.69, 9.17) is 18.9 Å². The molecule has 2 amide bonds. The van der Waals surface area contributed by atoms with Gasteiger partial charge in [0.1, 0.15) is 23.7 Å². The van der Waals surface area contributed by atoms with Crippen LogP contribution in [0, 0.1) is 37.1 Å². The normalized spacial score (nSPS) is 16.3. The summed E-state index contributed by atoms with van der Waals surface area (Å²) in [5, 5.41) is 16.2. The topological polar surface area (TPSA) is 271 Å². The number of nitrogens with zero attached hydrogens (tertiary/aromatic N) is 13. The van der Waals surface area contributed by atoms with Crippen LogP contribution >= 0.6 is 0 Å². The lowest BCUT2D eigenvalue weighted by Crippen LogP contribution is -2.57. The van der Waals surface area contributed by atoms with Crippen molar-refractivity contribution in [3.05, 3.63) is 180 Å². The zero-order valence-corrected chi connectivity index (χ0v) is 49.3. The summed E-state index contributed by atoms with van der Waals surface area (Å²) in [6.45, 7) is 5.85. The van der Waals surface area contributed by atoms with E-state index in [1.807, 2.05) is 41.5 Å². The largest absolute Gasteiger partial charge is 0.481 e. The number of ether oxygens (including phenoxy) is 4. The highest BCUT2D eigenvalue weighted by Gasteiger charge is 2.44. The average molecular weight is 1220 g/mol. The minimum atomic E-state index is -0.973. The lowest BCUT2D eigenvalue weighted by atomic mass is 9.82. The van der Waals surface area contributed by atoms with Crippen molar-refractivity contribution in [1.29, 1.82) is 0 Å². The van der Waals surface area contributed by atoms with Crippen molar-refractivity contribution < 1.29 is 51.2 Å². The molecule has 27 heteroatoms. The molecule has 23 nitrogen and oxygen atoms in total. The first-order valence-electron chi connectivity index (χ1n) is 28.0. The number of methoxy groups -OCH3 is 4. The SMILES string of the molecule is COC(=O)NC1(c2cccnc2OC)CCCN(c2cnc(-c3ccc(F)c(F)c3)cc2CO)C1.COC(=O)NC1(c2cccnc2OC)CCCN(c2cnc(-c3ccc(F)c(F)c3)cc2Cn2cnc3c(C)ncnc32)C1.Cc1ncnc2nc[nH]c12. The van der Waals surface area contributed by atoms with E-state index in [9.17, 15) is 32.3 Å². The Balaban J connectivity index is 0.000000172. The Hall–Kier alpha value is -10.4. The second-order valence-electron chi connectivity index (χ2n) is 20.9. The van der Waals surface area contributed by atoms with Gasteiger partial charge in [-0.1, -0.05) is 0 Å². The number of carbonyl (C=O) groups is 2. The van der Waals surface area contributed by atoms with Crippen LogP contribution in [0.5, 0.6) is 11.8 Å². The van der Waals surface area contributed by atoms with Gasteiger partial charge >= 0.3 is 12.2 Å². The second kappa shape index (κ2) is 27.1. The predicted molar refractivity (Wildman–Crippen MR) is 320 cm³/mol. The number of rotatable bonds is 13. The fraction of sp³-hybridized carbons (Fsp3) is 0.290. The summed E-state index contributed by atoms with van der Waals surface area (Å²) in [4.78, 5) is 75.1. The van der Waals surface area contributed by atoms with Crippen molar-refractivity contribution in [3.8, 4) is 34.3 Å². The van der Waals surface area contributed by atoms with Gasteiger partial charge < -0.3 is 54.0 Å². The number of aliphatic hydroxyl groups is 1. The fourth-order valence-corrected chi connectivity index (χ4v) is 11.2. The average Bonchev–Trinajstić information content (AvgIpc) is 1.44. The molecule has 10 aromatic rings. The summed E-state index contributed by atoms with van der Waals surface area (Å²) in [7, 11) is 5.68. The third kappa shape index (κ3) is 13.3. The molecule has 460 valence electrons. The molecule has 2 aliphatic heterocycles. The maximum atomic E-state index is 14.2. The third-order valence-electron chi connectivity index (χ3n) is 15.5. The van der Waals surface area contributed by atoms with E-state index in [1.165, 1.54) is 53.2 Å². The molecule has 2 aliphatic rings. The smallest absolute Gasteiger partial charge is 0.407 e. The standard InChI is InChI=1S/C31H30F2N8O3.C25H26F2N4O4.C6H6N4/c1-19-27-28(37-17-36-19)41(18-38-27)15-21-13-25(20-7-8-23(32)24(33)12-20)35-14-26(21)40-11-5-9-31(16-40,39-30(42)44-3)22-6-4-10-34-29(22)43-2;1-34-23-18(5-3-9-28-23)25(30-24(33)35-2)8-4-10-31(15-25)22-13-29-21(12-17(22)14-32)16-6-7-19(26)20(27)11-16;1-4-5-6(9-2-7-4)10-3-8-5/h4,6-8,10,12-14,17-18H,5,9,11,15-16H2,1-3H3,(H,39,42);3,5-7,9,11-13,32H,4,8,10,14-15H2,1-2H3,(H,30,33);2-3H,1H3,(H,7,8,9,10). The molecule has 2 atom stereocenters. The van der Waals surface area contributed by atoms with Crippen molar-refractivity contribution in [2.45, 2.75) is 63.8 Å². The van der Waals surface area contributed by atoms with Crippen LogP contribution in [0.4, 0.5) is 38.5 Å². The summed E-state index contributed by atoms with van der Waals surface area (Å²) in [5.74, 6) is -3.01. The van der Waals surface area contributed by atoms with Crippen molar-refractivity contribution in [2.24, 2.45) is 0 Å². The number of aromatic amines is 1. The molecule has 12 rings (SSSR count). The Labute approximate surface area is 507 Å². The van der Waals surface area contributed by atoms with Gasteiger partial charge in [0, 0.05) is 66.4 Å². The van der Waals surface area contributed by atoms with Crippen LogP contribution in [0.1, 0.15) is 59.3 Å². The Kier molecular flexibility index (Phi) is 18.8. The summed E-state index contributed by atoms with van der Waals surface area (Å²) in [5.41, 5.74) is 8.90. The molecule has 89 heavy (non-hydrogen) atoms. The zero-order valence-electron chi connectivity index (χ0n) is 49.3. The minimum absolute atomic E-state index is 0.293. The number of halogens is 4. The van der Waals surface area contributed by atoms with Crippen LogP contribution in [0.25, 0.3) is 44.8 Å². The summed E-state index contributed by atoms with van der Waals surface area (Å²) in [6.07, 6.45) is 14.4. The molecule has 2 aromatic carbocycles. The number of imidazole rings is 2. The van der Waals surface area contributed by atoms with Crippen molar-refractivity contribution in [2.75, 3.05) is 64.4 Å². The maximum absolute atomic E-state index is 14.2. The van der Waals surface area contributed by atoms with Gasteiger partial charge in [-0.25, -0.2) is 67.0 Å². The second-order valence-corrected chi connectivity index (χ2v) is 20.9. The molecule has 4 N–H and O–H groups in total. The molecular formula is C62H62F4N16O7. The quantitative estimate of drug-likeness (QED) is 0.0783. The van der Waals surface area contributed by atoms with E-state index in [-0.39, 0.29) is 6.61 Å². The van der Waals surface area contributed by atoms with Gasteiger partial charge in [-0.2, -0.15) is 0 Å². The molecule has 2 saturated heterocycles. The lowest BCUT2D eigenvalue weighted by Gasteiger charge is -2.44. The molecular weight excluding hydrogens is 1160 g/mol. The highest BCUT2D eigenvalue weighted by atomic mass is 19.2. The van der Waals surface area contributed by atoms with Crippen molar-refractivity contribution in [1.82, 2.24) is 70.0 Å². The molecule has 2 fully saturated rings. The van der Waals surface area contributed by atoms with E-state index in [2.05, 4.69) is 70.4 Å². The summed E-state index contributed by atoms with van der Waals surface area (Å²) < 4.78 is 77.9. The van der Waals surface area contributed by atoms with E-state index in [0.717, 1.165) is 63.6 Å². The Morgan fingerprint density at radius 3 is 1.66 bits per heavy atom. The number of aliphatic hydroxyl groups excluding tert-OH is 1. The number of hydrogen-bond acceptors (Lipinski definition) is 19. The first kappa shape index (κ1) is 61.6. The molecule has 0 bridgehead atoms. The first-order chi connectivity index (χ1) is 43.1. The van der Waals surface area contributed by atoms with Gasteiger partial charge in [-0.15, -0.1) is 0 Å². The summed E-state index contributed by atoms with van der Waals surface area (Å²) in [6, 6.07) is 18.1. The number of H-pyrrole nitrogens is 1. The molecule has 0 radical (unpaired) electrons. The van der Waals surface area contributed by atoms with Crippen molar-refractivity contribution >= 4 is 45.9 Å². The molecule has 10 heterocycles. The van der Waals surface area contributed by atoms with Crippen LogP contribution in [0.15, 0.2) is 123 Å². The number of pyridine rings is 4. The maximum Gasteiger partial charge on any atom is 0.407 e. The highest BCUT2D eigenvalue weighted by Crippen LogP contribution is 2.41. The number of alkyl carbamates (subject to hydrolysis) is 2. The van der Waals surface area contributed by atoms with E-state index >= 15 is 0 Å². The lowest BCUT2D eigenvalue weighted by molar-refractivity contribution is 0.147. The minimum Gasteiger partial charge on any atom is -0.481 e. The molecule has 8 aromatic heterocycles. The van der Waals surface area contributed by atoms with E-state index in [1.54, 1.807) is 55.6 Å². The number of fused-ring (bicyclic) bond motifs is 2. The van der Waals surface area contributed by atoms with E-state index < -0.39 is 46.5 Å². The van der Waals surface area contributed by atoms with Gasteiger partial charge in [0.25, 0.3) is 0 Å². The molecule has 0 spiro atoms. The Bertz CT molecular complexity index is 4180. The van der Waals surface area contributed by atoms with Gasteiger partial charge in [0.2, 0.25) is 11.8 Å². The Morgan fingerprint density at radius 1 is 0.618 bits per heavy atom. The number of benzene rings is 2. The monoisotopic (exact) mass is 1220 g/mol. The van der Waals surface area contributed by atoms with Crippen LogP contribution in [-0.2, 0) is 33.7 Å². The van der Waals surface area contributed by atoms with Crippen LogP contribution < -0.4 is 29.9 Å². The number of hydrogen-bond donors (Lipinski definition) is 4. The first-order valence-corrected chi connectivity index (χ1v) is 28.0. The number of aromatic nitrogens is 12. The third-order valence-corrected chi connectivity index (χ3v) is 15.5. The predicted octanol–water partition coefficient (Wildman–Crippen LogP) is 9.21. The molecule has 2 unspecified atom stereocenters. The fourth-order valence-electron chi connectivity index (χ4n) is 11.2.